The molecule has 1 heterocycles. The third-order valence-corrected chi connectivity index (χ3v) is 3.10. The molecule has 6 nitrogen and oxygen atoms in total. The van der Waals surface area contributed by atoms with Crippen LogP contribution in [0.1, 0.15) is 6.42 Å². The van der Waals surface area contributed by atoms with Crippen LogP contribution in [-0.2, 0) is 4.79 Å². The molecule has 0 amide bonds. The lowest BCUT2D eigenvalue weighted by atomic mass is 10.1. The monoisotopic (exact) mass is 279 g/mol. The molecule has 0 unspecified atom stereocenters. The van der Waals surface area contributed by atoms with Gasteiger partial charge in [-0.3, -0.25) is 0 Å². The highest BCUT2D eigenvalue weighted by Gasteiger charge is 2.29. The highest BCUT2D eigenvalue weighted by molar-refractivity contribution is 5.85. The van der Waals surface area contributed by atoms with Crippen molar-refractivity contribution < 1.29 is 24.9 Å². The van der Waals surface area contributed by atoms with Crippen LogP contribution in [-0.4, -0.2) is 51.5 Å². The molecular formula is C14H17NO5. The van der Waals surface area contributed by atoms with Gasteiger partial charge in [-0.1, -0.05) is 12.1 Å². The van der Waals surface area contributed by atoms with Crippen LogP contribution in [0, 0.1) is 0 Å². The summed E-state index contributed by atoms with van der Waals surface area (Å²) in [6.07, 6.45) is -1.58. The second-order valence-electron chi connectivity index (χ2n) is 4.50. The zero-order chi connectivity index (χ0) is 14.5. The summed E-state index contributed by atoms with van der Waals surface area (Å²) >= 11 is 0. The summed E-state index contributed by atoms with van der Waals surface area (Å²) < 4.78 is 5.58. The molecule has 6 heteroatoms. The lowest BCUT2D eigenvalue weighted by molar-refractivity contribution is -0.113. The van der Waals surface area contributed by atoms with Gasteiger partial charge in [0.1, 0.15) is 24.2 Å². The first-order valence-electron chi connectivity index (χ1n) is 6.30. The number of aldehydes is 1. The number of aromatic nitrogens is 1. The van der Waals surface area contributed by atoms with E-state index in [1.807, 2.05) is 24.3 Å². The van der Waals surface area contributed by atoms with Crippen LogP contribution in [0.3, 0.4) is 0 Å². The normalized spacial score (nSPS) is 15.8. The topological polar surface area (TPSA) is 103 Å². The van der Waals surface area contributed by atoms with E-state index in [2.05, 4.69) is 4.98 Å². The van der Waals surface area contributed by atoms with Crippen molar-refractivity contribution in [2.24, 2.45) is 0 Å². The first kappa shape index (κ1) is 14.5. The van der Waals surface area contributed by atoms with Gasteiger partial charge in [-0.25, -0.2) is 0 Å². The van der Waals surface area contributed by atoms with Crippen LogP contribution in [0.2, 0.25) is 0 Å². The summed E-state index contributed by atoms with van der Waals surface area (Å²) in [6.45, 7) is -0.567. The van der Waals surface area contributed by atoms with Crippen molar-refractivity contribution in [3.63, 3.8) is 0 Å². The van der Waals surface area contributed by atoms with E-state index < -0.39 is 24.9 Å². The van der Waals surface area contributed by atoms with E-state index in [0.717, 1.165) is 10.9 Å². The number of benzene rings is 1. The van der Waals surface area contributed by atoms with Crippen LogP contribution >= 0.6 is 0 Å². The Morgan fingerprint density at radius 2 is 2.00 bits per heavy atom. The number of nitrogens with one attached hydrogen (secondary N) is 1. The molecule has 0 bridgehead atoms. The highest BCUT2D eigenvalue weighted by atomic mass is 16.5. The molecule has 4 N–H and O–H groups in total. The van der Waals surface area contributed by atoms with Crippen molar-refractivity contribution in [1.82, 2.24) is 4.98 Å². The number of rotatable bonds is 7. The average molecular weight is 279 g/mol. The summed E-state index contributed by atoms with van der Waals surface area (Å²) in [6, 6.07) is 7.39. The quantitative estimate of drug-likeness (QED) is 0.543. The number of hydrogen-bond donors (Lipinski definition) is 4. The van der Waals surface area contributed by atoms with Gasteiger partial charge in [-0.2, -0.15) is 0 Å². The van der Waals surface area contributed by atoms with Crippen LogP contribution in [0.15, 0.2) is 30.5 Å². The minimum absolute atomic E-state index is 0.177. The van der Waals surface area contributed by atoms with Crippen LogP contribution in [0.25, 0.3) is 10.9 Å². The van der Waals surface area contributed by atoms with Crippen molar-refractivity contribution in [2.75, 3.05) is 6.61 Å². The van der Waals surface area contributed by atoms with Gasteiger partial charge in [0.2, 0.25) is 0 Å². The van der Waals surface area contributed by atoms with Gasteiger partial charge in [-0.15, -0.1) is 0 Å². The third kappa shape index (κ3) is 2.98. The molecule has 3 atom stereocenters. The molecule has 1 aromatic heterocycles. The number of carbonyl (C=O) groups excluding carboxylic acids is 1. The fraction of sp³-hybridized carbons (Fsp3) is 0.357. The zero-order valence-electron chi connectivity index (χ0n) is 10.8. The van der Waals surface area contributed by atoms with E-state index in [1.54, 1.807) is 6.20 Å². The molecule has 0 saturated heterocycles. The Balaban J connectivity index is 2.24. The fourth-order valence-electron chi connectivity index (χ4n) is 2.04. The Labute approximate surface area is 115 Å². The first-order chi connectivity index (χ1) is 9.67. The molecule has 0 spiro atoms. The van der Waals surface area contributed by atoms with E-state index in [0.29, 0.717) is 12.0 Å². The minimum atomic E-state index is -1.28. The van der Waals surface area contributed by atoms with Crippen molar-refractivity contribution in [2.45, 2.75) is 24.7 Å². The number of carbonyl (C=O) groups is 1. The number of para-hydroxylation sites is 1. The minimum Gasteiger partial charge on any atom is -0.483 e. The van der Waals surface area contributed by atoms with E-state index in [-0.39, 0.29) is 6.42 Å². The molecule has 2 aromatic rings. The van der Waals surface area contributed by atoms with Gasteiger partial charge in [0, 0.05) is 23.5 Å². The number of fused-ring (bicyclic) bond motifs is 1. The molecule has 2 rings (SSSR count). The predicted molar refractivity (Wildman–Crippen MR) is 72.5 cm³/mol. The van der Waals surface area contributed by atoms with Gasteiger partial charge in [0.15, 0.2) is 6.10 Å². The fourth-order valence-corrected chi connectivity index (χ4v) is 2.04. The molecule has 0 aliphatic rings. The second-order valence-corrected chi connectivity index (χ2v) is 4.50. The van der Waals surface area contributed by atoms with Crippen molar-refractivity contribution in [1.29, 1.82) is 0 Å². The molecule has 20 heavy (non-hydrogen) atoms. The maximum atomic E-state index is 10.5. The van der Waals surface area contributed by atoms with Crippen LogP contribution in [0.4, 0.5) is 0 Å². The Hall–Kier alpha value is -1.89. The molecule has 108 valence electrons. The number of aromatic amines is 1. The number of aliphatic hydroxyl groups excluding tert-OH is 3. The maximum Gasteiger partial charge on any atom is 0.153 e. The van der Waals surface area contributed by atoms with Crippen LogP contribution in [0.5, 0.6) is 5.75 Å². The molecule has 0 aliphatic carbocycles. The third-order valence-electron chi connectivity index (χ3n) is 3.10. The summed E-state index contributed by atoms with van der Waals surface area (Å²) in [5, 5.41) is 29.4. The van der Waals surface area contributed by atoms with E-state index in [9.17, 15) is 15.0 Å². The van der Waals surface area contributed by atoms with Gasteiger partial charge in [0.25, 0.3) is 0 Å². The lowest BCUT2D eigenvalue weighted by Crippen LogP contribution is -2.44. The van der Waals surface area contributed by atoms with Gasteiger partial charge >= 0.3 is 0 Å². The van der Waals surface area contributed by atoms with E-state index in [4.69, 9.17) is 9.84 Å². The Kier molecular flexibility index (Phi) is 4.73. The Morgan fingerprint density at radius 1 is 1.25 bits per heavy atom. The number of hydrogen-bond acceptors (Lipinski definition) is 5. The molecule has 0 radical (unpaired) electrons. The largest absolute Gasteiger partial charge is 0.483 e. The number of ether oxygens (including phenoxy) is 1. The predicted octanol–water partition coefficient (Wildman–Crippen LogP) is 0.218. The zero-order valence-corrected chi connectivity index (χ0v) is 10.8. The van der Waals surface area contributed by atoms with E-state index in [1.165, 1.54) is 0 Å². The summed E-state index contributed by atoms with van der Waals surface area (Å²) in [5.74, 6) is 0.447. The smallest absolute Gasteiger partial charge is 0.153 e. The maximum absolute atomic E-state index is 10.5. The van der Waals surface area contributed by atoms with Crippen molar-refractivity contribution >= 4 is 17.2 Å². The summed E-state index contributed by atoms with van der Waals surface area (Å²) in [4.78, 5) is 13.5. The second kappa shape index (κ2) is 6.51. The lowest BCUT2D eigenvalue weighted by Gasteiger charge is -2.26. The molecule has 0 fully saturated rings. The Bertz CT molecular complexity index is 567. The molecule has 1 aromatic carbocycles. The SMILES string of the molecule is O=CC[C@H](O)[C@@H](Oc1c[nH]c2ccccc12)[C@H](O)CO. The number of H-pyrrole nitrogens is 1. The van der Waals surface area contributed by atoms with Gasteiger partial charge < -0.3 is 29.8 Å². The van der Waals surface area contributed by atoms with Gasteiger partial charge in [0.05, 0.1) is 6.61 Å². The van der Waals surface area contributed by atoms with Crippen LogP contribution < -0.4 is 4.74 Å². The van der Waals surface area contributed by atoms with Crippen molar-refractivity contribution in [3.8, 4) is 5.75 Å². The molecular weight excluding hydrogens is 262 g/mol. The summed E-state index contributed by atoms with van der Waals surface area (Å²) in [5.41, 5.74) is 0.851. The number of aliphatic hydroxyl groups is 3. The average Bonchev–Trinajstić information content (AvgIpc) is 2.87. The summed E-state index contributed by atoms with van der Waals surface area (Å²) in [7, 11) is 0. The van der Waals surface area contributed by atoms with Gasteiger partial charge in [-0.05, 0) is 12.1 Å². The highest BCUT2D eigenvalue weighted by Crippen LogP contribution is 2.27. The molecule has 0 aliphatic heterocycles. The molecule has 0 saturated carbocycles. The van der Waals surface area contributed by atoms with Crippen molar-refractivity contribution in [3.05, 3.63) is 30.5 Å². The standard InChI is InChI=1S/C14H17NO5/c16-6-5-11(18)14(12(19)8-17)20-13-7-15-10-4-2-1-3-9(10)13/h1-4,6-7,11-12,14-15,17-19H,5,8H2/t11-,12+,14+/m0/s1. The van der Waals surface area contributed by atoms with E-state index >= 15 is 0 Å². The Morgan fingerprint density at radius 3 is 2.70 bits per heavy atom. The first-order valence-corrected chi connectivity index (χ1v) is 6.30.